The number of nitrogens with zero attached hydrogens (tertiary/aromatic N) is 1. The molecular weight excluding hydrogens is 445 g/mol. The van der Waals surface area contributed by atoms with E-state index in [1.807, 2.05) is 19.1 Å². The molecule has 1 unspecified atom stereocenters. The van der Waals surface area contributed by atoms with Crippen LogP contribution >= 0.6 is 11.6 Å². The summed E-state index contributed by atoms with van der Waals surface area (Å²) >= 11 is 5.96. The monoisotopic (exact) mass is 465 g/mol. The normalized spacial score (nSPS) is 17.5. The van der Waals surface area contributed by atoms with Crippen LogP contribution in [0.1, 0.15) is 29.7 Å². The number of halogens is 2. The molecule has 33 heavy (non-hydrogen) atoms. The number of carbonyl (C=O) groups is 2. The molecule has 7 heteroatoms. The van der Waals surface area contributed by atoms with Gasteiger partial charge in [0.05, 0.1) is 23.7 Å². The predicted molar refractivity (Wildman–Crippen MR) is 125 cm³/mol. The van der Waals surface area contributed by atoms with Gasteiger partial charge in [0.15, 0.2) is 0 Å². The van der Waals surface area contributed by atoms with Crippen molar-refractivity contribution in [2.75, 3.05) is 12.0 Å². The second-order valence-corrected chi connectivity index (χ2v) is 8.00. The third kappa shape index (κ3) is 4.10. The highest BCUT2D eigenvalue weighted by Gasteiger charge is 2.47. The number of ether oxygens (including phenoxy) is 1. The molecule has 0 bridgehead atoms. The van der Waals surface area contributed by atoms with Crippen molar-refractivity contribution in [2.45, 2.75) is 19.4 Å². The van der Waals surface area contributed by atoms with E-state index < -0.39 is 23.5 Å². The Morgan fingerprint density at radius 2 is 1.82 bits per heavy atom. The van der Waals surface area contributed by atoms with Gasteiger partial charge in [-0.15, -0.1) is 0 Å². The Kier molecular flexibility index (Phi) is 6.20. The number of aliphatic hydroxyl groups excluding tert-OH is 1. The molecule has 4 rings (SSSR count). The molecular formula is C26H21ClFNO4. The number of benzene rings is 3. The fraction of sp³-hybridized carbons (Fsp3) is 0.154. The Balaban J connectivity index is 1.94. The molecule has 1 N–H and O–H groups in total. The Morgan fingerprint density at radius 1 is 1.09 bits per heavy atom. The van der Waals surface area contributed by atoms with Gasteiger partial charge in [0.1, 0.15) is 17.3 Å². The molecule has 1 amide bonds. The highest BCUT2D eigenvalue weighted by Crippen LogP contribution is 2.43. The average molecular weight is 466 g/mol. The topological polar surface area (TPSA) is 66.8 Å². The minimum Gasteiger partial charge on any atom is -0.507 e. The van der Waals surface area contributed by atoms with E-state index in [9.17, 15) is 19.1 Å². The Morgan fingerprint density at radius 3 is 2.45 bits per heavy atom. The summed E-state index contributed by atoms with van der Waals surface area (Å²) in [6.45, 7) is 2.01. The smallest absolute Gasteiger partial charge is 0.300 e. The Bertz CT molecular complexity index is 1270. The van der Waals surface area contributed by atoms with Gasteiger partial charge in [-0.1, -0.05) is 54.9 Å². The lowest BCUT2D eigenvalue weighted by atomic mass is 9.94. The number of anilines is 1. The van der Waals surface area contributed by atoms with Crippen molar-refractivity contribution in [1.82, 2.24) is 0 Å². The Hall–Kier alpha value is -3.64. The van der Waals surface area contributed by atoms with E-state index in [2.05, 4.69) is 0 Å². The van der Waals surface area contributed by atoms with E-state index in [1.165, 1.54) is 24.1 Å². The van der Waals surface area contributed by atoms with Crippen LogP contribution in [0.3, 0.4) is 0 Å². The zero-order valence-electron chi connectivity index (χ0n) is 18.0. The molecule has 0 spiro atoms. The SMILES string of the molecule is CCc1ccc(/C(O)=C2\C(=O)C(=O)N(c3ccc(F)c(Cl)c3)C2c2cccc(OC)c2)cc1. The molecule has 0 aromatic heterocycles. The van der Waals surface area contributed by atoms with Crippen LogP contribution in [-0.2, 0) is 16.0 Å². The number of methoxy groups -OCH3 is 1. The molecule has 1 atom stereocenters. The van der Waals surface area contributed by atoms with E-state index >= 15 is 0 Å². The van der Waals surface area contributed by atoms with Crippen molar-refractivity contribution in [3.63, 3.8) is 0 Å². The van der Waals surface area contributed by atoms with Crippen molar-refractivity contribution < 1.29 is 23.8 Å². The molecule has 1 saturated heterocycles. The van der Waals surface area contributed by atoms with E-state index in [4.69, 9.17) is 16.3 Å². The van der Waals surface area contributed by atoms with Gasteiger partial charge in [-0.2, -0.15) is 0 Å². The second kappa shape index (κ2) is 9.08. The number of ketones is 1. The van der Waals surface area contributed by atoms with Crippen molar-refractivity contribution in [1.29, 1.82) is 0 Å². The molecule has 3 aromatic rings. The molecule has 0 radical (unpaired) electrons. The summed E-state index contributed by atoms with van der Waals surface area (Å²) in [6.07, 6.45) is 0.820. The summed E-state index contributed by atoms with van der Waals surface area (Å²) in [5, 5.41) is 11.0. The summed E-state index contributed by atoms with van der Waals surface area (Å²) < 4.78 is 19.1. The summed E-state index contributed by atoms with van der Waals surface area (Å²) in [5.74, 6) is -2.12. The number of rotatable bonds is 5. The summed E-state index contributed by atoms with van der Waals surface area (Å²) in [7, 11) is 1.51. The Labute approximate surface area is 195 Å². The minimum absolute atomic E-state index is 0.0713. The molecule has 1 fully saturated rings. The maximum absolute atomic E-state index is 13.8. The zero-order chi connectivity index (χ0) is 23.7. The van der Waals surface area contributed by atoms with Crippen LogP contribution in [0.2, 0.25) is 5.02 Å². The highest BCUT2D eigenvalue weighted by atomic mass is 35.5. The van der Waals surface area contributed by atoms with Crippen molar-refractivity contribution in [3.05, 3.63) is 99.8 Å². The summed E-state index contributed by atoms with van der Waals surface area (Å²) in [4.78, 5) is 27.5. The summed E-state index contributed by atoms with van der Waals surface area (Å²) in [6, 6.07) is 16.8. The first-order chi connectivity index (χ1) is 15.8. The van der Waals surface area contributed by atoms with E-state index in [0.29, 0.717) is 16.9 Å². The first kappa shape index (κ1) is 22.6. The number of hydrogen-bond donors (Lipinski definition) is 1. The zero-order valence-corrected chi connectivity index (χ0v) is 18.8. The van der Waals surface area contributed by atoms with Crippen molar-refractivity contribution in [3.8, 4) is 5.75 Å². The van der Waals surface area contributed by atoms with Gasteiger partial charge in [-0.3, -0.25) is 14.5 Å². The molecule has 168 valence electrons. The van der Waals surface area contributed by atoms with Crippen molar-refractivity contribution in [2.24, 2.45) is 0 Å². The number of aryl methyl sites for hydroxylation is 1. The molecule has 1 aliphatic heterocycles. The first-order valence-corrected chi connectivity index (χ1v) is 10.7. The lowest BCUT2D eigenvalue weighted by Crippen LogP contribution is -2.29. The van der Waals surface area contributed by atoms with Gasteiger partial charge in [0, 0.05) is 11.3 Å². The quantitative estimate of drug-likeness (QED) is 0.299. The molecule has 5 nitrogen and oxygen atoms in total. The average Bonchev–Trinajstić information content (AvgIpc) is 3.11. The maximum Gasteiger partial charge on any atom is 0.300 e. The molecule has 1 heterocycles. The van der Waals surface area contributed by atoms with Crippen LogP contribution in [-0.4, -0.2) is 23.9 Å². The lowest BCUT2D eigenvalue weighted by Gasteiger charge is -2.26. The van der Waals surface area contributed by atoms with E-state index in [1.54, 1.807) is 36.4 Å². The van der Waals surface area contributed by atoms with E-state index in [-0.39, 0.29) is 22.0 Å². The largest absolute Gasteiger partial charge is 0.507 e. The van der Waals surface area contributed by atoms with E-state index in [0.717, 1.165) is 18.1 Å². The van der Waals surface area contributed by atoms with Crippen LogP contribution in [0.15, 0.2) is 72.3 Å². The summed E-state index contributed by atoms with van der Waals surface area (Å²) in [5.41, 5.74) is 2.18. The molecule has 0 aliphatic carbocycles. The van der Waals surface area contributed by atoms with Gasteiger partial charge >= 0.3 is 0 Å². The van der Waals surface area contributed by atoms with Gasteiger partial charge in [0.2, 0.25) is 0 Å². The third-order valence-electron chi connectivity index (χ3n) is 5.67. The number of amides is 1. The first-order valence-electron chi connectivity index (χ1n) is 10.3. The van der Waals surface area contributed by atoms with Gasteiger partial charge in [-0.25, -0.2) is 4.39 Å². The third-order valence-corrected chi connectivity index (χ3v) is 5.96. The number of carbonyl (C=O) groups excluding carboxylic acids is 2. The van der Waals surface area contributed by atoms with Crippen LogP contribution in [0.5, 0.6) is 5.75 Å². The lowest BCUT2D eigenvalue weighted by molar-refractivity contribution is -0.132. The van der Waals surface area contributed by atoms with Crippen molar-refractivity contribution >= 4 is 34.7 Å². The van der Waals surface area contributed by atoms with Crippen LogP contribution in [0, 0.1) is 5.82 Å². The second-order valence-electron chi connectivity index (χ2n) is 7.59. The minimum atomic E-state index is -0.965. The van der Waals surface area contributed by atoms with Gasteiger partial charge in [0.25, 0.3) is 11.7 Å². The van der Waals surface area contributed by atoms with Gasteiger partial charge < -0.3 is 9.84 Å². The van der Waals surface area contributed by atoms with Crippen LogP contribution < -0.4 is 9.64 Å². The van der Waals surface area contributed by atoms with Crippen LogP contribution in [0.4, 0.5) is 10.1 Å². The van der Waals surface area contributed by atoms with Crippen LogP contribution in [0.25, 0.3) is 5.76 Å². The standard InChI is InChI=1S/C26H21ClFNO4/c1-3-15-7-9-16(10-8-15)24(30)22-23(17-5-4-6-19(13-17)33-2)29(26(32)25(22)31)18-11-12-21(28)20(27)14-18/h4-14,23,30H,3H2,1-2H3/b24-22+. The predicted octanol–water partition coefficient (Wildman–Crippen LogP) is 5.68. The maximum atomic E-state index is 13.8. The fourth-order valence-electron chi connectivity index (χ4n) is 3.91. The molecule has 3 aromatic carbocycles. The van der Waals surface area contributed by atoms with Gasteiger partial charge in [-0.05, 0) is 47.9 Å². The molecule has 0 saturated carbocycles. The molecule has 1 aliphatic rings. The number of Topliss-reactive ketones (excluding diaryl/α,β-unsaturated/α-hetero) is 1. The fourth-order valence-corrected chi connectivity index (χ4v) is 4.09. The number of aliphatic hydroxyl groups is 1. The highest BCUT2D eigenvalue weighted by molar-refractivity contribution is 6.51. The number of hydrogen-bond acceptors (Lipinski definition) is 4.